The number of carboxylic acids is 1. The Hall–Kier alpha value is -3.35. The van der Waals surface area contributed by atoms with Crippen molar-refractivity contribution in [3.8, 4) is 11.1 Å². The summed E-state index contributed by atoms with van der Waals surface area (Å²) in [5.41, 5.74) is 4.01. The number of benzene rings is 2. The predicted octanol–water partition coefficient (Wildman–Crippen LogP) is 3.63. The fourth-order valence-electron chi connectivity index (χ4n) is 5.44. The molecular weight excluding hydrogens is 420 g/mol. The Balaban J connectivity index is 1.19. The van der Waals surface area contributed by atoms with Gasteiger partial charge >= 0.3 is 12.1 Å². The van der Waals surface area contributed by atoms with E-state index in [0.29, 0.717) is 25.8 Å². The molecular formula is C26H28N2O5. The fraction of sp³-hybridized carbons (Fsp3) is 0.423. The lowest BCUT2D eigenvalue weighted by molar-refractivity contribution is -0.146. The monoisotopic (exact) mass is 448 g/mol. The van der Waals surface area contributed by atoms with Crippen molar-refractivity contribution < 1.29 is 24.2 Å². The van der Waals surface area contributed by atoms with Gasteiger partial charge in [-0.3, -0.25) is 9.59 Å². The highest BCUT2D eigenvalue weighted by molar-refractivity contribution is 5.86. The van der Waals surface area contributed by atoms with Crippen LogP contribution in [0.25, 0.3) is 11.1 Å². The molecule has 1 saturated carbocycles. The van der Waals surface area contributed by atoms with Crippen LogP contribution < -0.4 is 5.32 Å². The molecule has 1 atom stereocenters. The van der Waals surface area contributed by atoms with Crippen LogP contribution in [-0.4, -0.2) is 54.2 Å². The number of hydrogen-bond donors (Lipinski definition) is 2. The summed E-state index contributed by atoms with van der Waals surface area (Å²) < 4.78 is 5.60. The minimum absolute atomic E-state index is 0.0139. The van der Waals surface area contributed by atoms with Gasteiger partial charge < -0.3 is 20.1 Å². The molecule has 33 heavy (non-hydrogen) atoms. The highest BCUT2D eigenvalue weighted by Gasteiger charge is 2.48. The molecule has 7 heteroatoms. The Bertz CT molecular complexity index is 1050. The van der Waals surface area contributed by atoms with Gasteiger partial charge in [0.2, 0.25) is 5.91 Å². The summed E-state index contributed by atoms with van der Waals surface area (Å²) in [7, 11) is 0. The van der Waals surface area contributed by atoms with Gasteiger partial charge in [-0.05, 0) is 41.5 Å². The molecule has 5 rings (SSSR count). The third kappa shape index (κ3) is 3.86. The Labute approximate surface area is 192 Å². The zero-order chi connectivity index (χ0) is 23.0. The van der Waals surface area contributed by atoms with E-state index < -0.39 is 23.4 Å². The lowest BCUT2D eigenvalue weighted by Crippen LogP contribution is -2.53. The normalized spacial score (nSPS) is 20.5. The average Bonchev–Trinajstić information content (AvgIpc) is 3.41. The lowest BCUT2D eigenvalue weighted by atomic mass is 9.67. The van der Waals surface area contributed by atoms with E-state index in [1.165, 1.54) is 11.1 Å². The molecule has 1 saturated heterocycles. The summed E-state index contributed by atoms with van der Waals surface area (Å²) in [5.74, 6) is -1.41. The second-order valence-corrected chi connectivity index (χ2v) is 9.39. The van der Waals surface area contributed by atoms with E-state index >= 15 is 0 Å². The molecule has 172 valence electrons. The first-order valence-electron chi connectivity index (χ1n) is 11.6. The Kier molecular flexibility index (Phi) is 5.56. The van der Waals surface area contributed by atoms with Crippen LogP contribution in [0.15, 0.2) is 48.5 Å². The topological polar surface area (TPSA) is 95.9 Å². The number of likely N-dealkylation sites (tertiary alicyclic amines) is 1. The predicted molar refractivity (Wildman–Crippen MR) is 122 cm³/mol. The van der Waals surface area contributed by atoms with E-state index in [2.05, 4.69) is 29.6 Å². The number of nitrogens with one attached hydrogen (secondary N) is 1. The molecule has 1 heterocycles. The summed E-state index contributed by atoms with van der Waals surface area (Å²) in [4.78, 5) is 38.6. The largest absolute Gasteiger partial charge is 0.481 e. The van der Waals surface area contributed by atoms with Crippen LogP contribution in [0.5, 0.6) is 0 Å². The molecule has 2 amide bonds. The van der Waals surface area contributed by atoms with Crippen molar-refractivity contribution in [1.82, 2.24) is 10.2 Å². The number of amides is 2. The number of carbonyl (C=O) groups is 3. The number of aliphatic carboxylic acids is 1. The minimum atomic E-state index is -0.857. The lowest BCUT2D eigenvalue weighted by Gasteiger charge is -2.42. The van der Waals surface area contributed by atoms with Crippen molar-refractivity contribution in [2.45, 2.75) is 31.6 Å². The van der Waals surface area contributed by atoms with Gasteiger partial charge in [0.1, 0.15) is 6.61 Å². The molecule has 3 aliphatic rings. The zero-order valence-corrected chi connectivity index (χ0v) is 18.5. The molecule has 1 aliphatic heterocycles. The second kappa shape index (κ2) is 8.54. The van der Waals surface area contributed by atoms with E-state index in [-0.39, 0.29) is 31.5 Å². The molecule has 2 N–H and O–H groups in total. The smallest absolute Gasteiger partial charge is 0.407 e. The number of ether oxygens (including phenoxy) is 1. The number of carboxylic acid groups (broad SMARTS) is 1. The number of rotatable bonds is 6. The van der Waals surface area contributed by atoms with Gasteiger partial charge in [0.15, 0.2) is 0 Å². The highest BCUT2D eigenvalue weighted by atomic mass is 16.5. The van der Waals surface area contributed by atoms with E-state index in [0.717, 1.165) is 17.5 Å². The van der Waals surface area contributed by atoms with Crippen LogP contribution in [0.2, 0.25) is 0 Å². The molecule has 2 aliphatic carbocycles. The molecule has 2 aromatic rings. The van der Waals surface area contributed by atoms with Crippen molar-refractivity contribution in [3.63, 3.8) is 0 Å². The summed E-state index contributed by atoms with van der Waals surface area (Å²) in [6.07, 6.45) is 2.28. The van der Waals surface area contributed by atoms with Gasteiger partial charge in [0.05, 0.1) is 11.3 Å². The number of hydrogen-bond acceptors (Lipinski definition) is 4. The van der Waals surface area contributed by atoms with Gasteiger partial charge in [-0.25, -0.2) is 4.79 Å². The third-order valence-corrected chi connectivity index (χ3v) is 7.50. The van der Waals surface area contributed by atoms with Crippen LogP contribution in [0.1, 0.15) is 42.7 Å². The molecule has 7 nitrogen and oxygen atoms in total. The van der Waals surface area contributed by atoms with Crippen LogP contribution in [0, 0.1) is 11.3 Å². The fourth-order valence-corrected chi connectivity index (χ4v) is 5.44. The van der Waals surface area contributed by atoms with Gasteiger partial charge in [-0.2, -0.15) is 0 Å². The first-order valence-corrected chi connectivity index (χ1v) is 11.6. The zero-order valence-electron chi connectivity index (χ0n) is 18.5. The number of nitrogens with zero attached hydrogens (tertiary/aromatic N) is 1. The highest BCUT2D eigenvalue weighted by Crippen LogP contribution is 2.45. The molecule has 0 aromatic heterocycles. The second-order valence-electron chi connectivity index (χ2n) is 9.39. The maximum absolute atomic E-state index is 13.1. The van der Waals surface area contributed by atoms with E-state index in [4.69, 9.17) is 4.74 Å². The van der Waals surface area contributed by atoms with Gasteiger partial charge in [0.25, 0.3) is 0 Å². The average molecular weight is 449 g/mol. The maximum atomic E-state index is 13.1. The van der Waals surface area contributed by atoms with Gasteiger partial charge in [0, 0.05) is 25.6 Å². The van der Waals surface area contributed by atoms with Crippen molar-refractivity contribution in [2.75, 3.05) is 26.2 Å². The van der Waals surface area contributed by atoms with Gasteiger partial charge in [-0.15, -0.1) is 0 Å². The standard InChI is InChI=1S/C26H28N2O5/c29-23(30)17-10-13-28(14-17)24(31)26(11-5-12-26)16-27-25(32)33-15-22-20-8-3-1-6-18(20)19-7-2-4-9-21(19)22/h1-4,6-9,17,22H,5,10-16H2,(H,27,32)(H,29,30). The van der Waals surface area contributed by atoms with E-state index in [1.54, 1.807) is 4.90 Å². The minimum Gasteiger partial charge on any atom is -0.481 e. The van der Waals surface area contributed by atoms with E-state index in [9.17, 15) is 19.5 Å². The molecule has 0 radical (unpaired) electrons. The summed E-state index contributed by atoms with van der Waals surface area (Å²) >= 11 is 0. The quantitative estimate of drug-likeness (QED) is 0.704. The van der Waals surface area contributed by atoms with Crippen molar-refractivity contribution in [2.24, 2.45) is 11.3 Å². The molecule has 0 bridgehead atoms. The van der Waals surface area contributed by atoms with Crippen LogP contribution >= 0.6 is 0 Å². The summed E-state index contributed by atoms with van der Waals surface area (Å²) in [6.45, 7) is 1.16. The molecule has 0 spiro atoms. The first kappa shape index (κ1) is 21.5. The van der Waals surface area contributed by atoms with Crippen LogP contribution in [0.4, 0.5) is 4.79 Å². The number of alkyl carbamates (subject to hydrolysis) is 1. The Morgan fingerprint density at radius 1 is 1.03 bits per heavy atom. The SMILES string of the molecule is O=C(NCC1(C(=O)N2CCC(C(=O)O)C2)CCC1)OCC1c2ccccc2-c2ccccc21. The van der Waals surface area contributed by atoms with Crippen LogP contribution in [0.3, 0.4) is 0 Å². The first-order chi connectivity index (χ1) is 16.0. The number of carbonyl (C=O) groups excluding carboxylic acids is 2. The molecule has 2 aromatic carbocycles. The van der Waals surface area contributed by atoms with Crippen molar-refractivity contribution >= 4 is 18.0 Å². The summed E-state index contributed by atoms with van der Waals surface area (Å²) in [5, 5.41) is 12.0. The third-order valence-electron chi connectivity index (χ3n) is 7.50. The van der Waals surface area contributed by atoms with E-state index in [1.807, 2.05) is 24.3 Å². The number of fused-ring (bicyclic) bond motifs is 3. The van der Waals surface area contributed by atoms with Crippen molar-refractivity contribution in [1.29, 1.82) is 0 Å². The van der Waals surface area contributed by atoms with Crippen molar-refractivity contribution in [3.05, 3.63) is 59.7 Å². The molecule has 2 fully saturated rings. The Morgan fingerprint density at radius 2 is 1.67 bits per heavy atom. The van der Waals surface area contributed by atoms with Crippen LogP contribution in [-0.2, 0) is 14.3 Å². The Morgan fingerprint density at radius 3 is 2.21 bits per heavy atom. The molecule has 1 unspecified atom stereocenters. The van der Waals surface area contributed by atoms with Gasteiger partial charge in [-0.1, -0.05) is 55.0 Å². The summed E-state index contributed by atoms with van der Waals surface area (Å²) in [6, 6.07) is 16.3. The maximum Gasteiger partial charge on any atom is 0.407 e.